The van der Waals surface area contributed by atoms with Crippen LogP contribution in [0.15, 0.2) is 83.8 Å². The van der Waals surface area contributed by atoms with E-state index in [2.05, 4.69) is 9.82 Å². The van der Waals surface area contributed by atoms with Crippen LogP contribution in [0.4, 0.5) is 11.4 Å². The van der Waals surface area contributed by atoms with Crippen molar-refractivity contribution in [2.45, 2.75) is 18.7 Å². The number of rotatable bonds is 6. The highest BCUT2D eigenvalue weighted by molar-refractivity contribution is 7.92. The van der Waals surface area contributed by atoms with Crippen molar-refractivity contribution < 1.29 is 13.3 Å². The molecule has 0 aliphatic rings. The summed E-state index contributed by atoms with van der Waals surface area (Å²) in [6.07, 6.45) is 0. The van der Waals surface area contributed by atoms with E-state index in [1.54, 1.807) is 61.0 Å². The van der Waals surface area contributed by atoms with Crippen LogP contribution >= 0.6 is 0 Å². The van der Waals surface area contributed by atoms with Gasteiger partial charge in [-0.25, -0.2) is 13.1 Å². The van der Waals surface area contributed by atoms with Gasteiger partial charge in [-0.3, -0.25) is 14.8 Å². The Bertz CT molecular complexity index is 1400. The van der Waals surface area contributed by atoms with Crippen molar-refractivity contribution in [1.29, 1.82) is 0 Å². The number of hydrogen-bond acceptors (Lipinski definition) is 5. The molecule has 0 aliphatic carbocycles. The largest absolute Gasteiger partial charge is 0.280 e. The van der Waals surface area contributed by atoms with E-state index in [0.29, 0.717) is 28.2 Å². The molecule has 162 valence electrons. The fraction of sp³-hybridized carbons (Fsp3) is 0.0870. The molecule has 0 amide bonds. The summed E-state index contributed by atoms with van der Waals surface area (Å²) in [5.74, 6) is 0. The minimum Gasteiger partial charge on any atom is -0.280 e. The number of aryl methyl sites for hydroxylation is 1. The van der Waals surface area contributed by atoms with Gasteiger partial charge < -0.3 is 0 Å². The van der Waals surface area contributed by atoms with Crippen molar-refractivity contribution in [3.63, 3.8) is 0 Å². The lowest BCUT2D eigenvalue weighted by Gasteiger charge is -2.10. The minimum absolute atomic E-state index is 0.0135. The zero-order chi connectivity index (χ0) is 22.9. The SMILES string of the molecule is Cc1nn(-c2ccccc2)c(C)c1S(=O)(=O)Nc1ccc(-c2ccccc2[N+](=O)[O-])cc1. The highest BCUT2D eigenvalue weighted by atomic mass is 32.2. The molecule has 9 heteroatoms. The fourth-order valence-corrected chi connectivity index (χ4v) is 5.09. The number of nitrogens with one attached hydrogen (secondary N) is 1. The van der Waals surface area contributed by atoms with Gasteiger partial charge in [0.2, 0.25) is 0 Å². The maximum absolute atomic E-state index is 13.1. The van der Waals surface area contributed by atoms with E-state index in [0.717, 1.165) is 5.69 Å². The van der Waals surface area contributed by atoms with Gasteiger partial charge in [-0.15, -0.1) is 0 Å². The van der Waals surface area contributed by atoms with Gasteiger partial charge >= 0.3 is 0 Å². The molecule has 0 spiro atoms. The summed E-state index contributed by atoms with van der Waals surface area (Å²) in [6.45, 7) is 3.36. The molecule has 1 heterocycles. The molecule has 0 fully saturated rings. The molecular weight excluding hydrogens is 428 g/mol. The van der Waals surface area contributed by atoms with Gasteiger partial charge in [0.05, 0.1) is 27.6 Å². The lowest BCUT2D eigenvalue weighted by molar-refractivity contribution is -0.384. The number of nitro groups is 1. The highest BCUT2D eigenvalue weighted by Crippen LogP contribution is 2.31. The number of aromatic nitrogens is 2. The first kappa shape index (κ1) is 21.3. The molecule has 0 saturated carbocycles. The second-order valence-corrected chi connectivity index (χ2v) is 8.82. The van der Waals surface area contributed by atoms with E-state index < -0.39 is 14.9 Å². The zero-order valence-corrected chi connectivity index (χ0v) is 18.2. The number of anilines is 1. The van der Waals surface area contributed by atoms with Crippen LogP contribution in [-0.4, -0.2) is 23.1 Å². The van der Waals surface area contributed by atoms with Crippen molar-refractivity contribution in [1.82, 2.24) is 9.78 Å². The average molecular weight is 449 g/mol. The molecule has 8 nitrogen and oxygen atoms in total. The van der Waals surface area contributed by atoms with Crippen LogP contribution < -0.4 is 4.72 Å². The number of nitrogens with zero attached hydrogens (tertiary/aromatic N) is 3. The van der Waals surface area contributed by atoms with E-state index >= 15 is 0 Å². The fourth-order valence-electron chi connectivity index (χ4n) is 3.64. The summed E-state index contributed by atoms with van der Waals surface area (Å²) < 4.78 is 30.4. The molecule has 4 aromatic rings. The van der Waals surface area contributed by atoms with Crippen molar-refractivity contribution in [2.24, 2.45) is 0 Å². The molecule has 0 atom stereocenters. The Morgan fingerprint density at radius 3 is 2.19 bits per heavy atom. The summed E-state index contributed by atoms with van der Waals surface area (Å²) in [5.41, 5.74) is 3.06. The number of para-hydroxylation sites is 2. The van der Waals surface area contributed by atoms with E-state index in [4.69, 9.17) is 0 Å². The maximum atomic E-state index is 13.1. The van der Waals surface area contributed by atoms with E-state index in [9.17, 15) is 18.5 Å². The third kappa shape index (κ3) is 3.97. The molecule has 0 unspecified atom stereocenters. The number of benzene rings is 3. The van der Waals surface area contributed by atoms with Gasteiger partial charge in [-0.1, -0.05) is 42.5 Å². The summed E-state index contributed by atoms with van der Waals surface area (Å²) in [5, 5.41) is 15.7. The predicted molar refractivity (Wildman–Crippen MR) is 122 cm³/mol. The minimum atomic E-state index is -3.90. The maximum Gasteiger partial charge on any atom is 0.277 e. The molecule has 0 saturated heterocycles. The van der Waals surface area contributed by atoms with Gasteiger partial charge in [0.1, 0.15) is 4.90 Å². The third-order valence-corrected chi connectivity index (χ3v) is 6.68. The smallest absolute Gasteiger partial charge is 0.277 e. The summed E-state index contributed by atoms with van der Waals surface area (Å²) in [4.78, 5) is 11.0. The first-order valence-electron chi connectivity index (χ1n) is 9.76. The molecule has 0 bridgehead atoms. The summed E-state index contributed by atoms with van der Waals surface area (Å²) in [7, 11) is -3.90. The summed E-state index contributed by atoms with van der Waals surface area (Å²) >= 11 is 0. The van der Waals surface area contributed by atoms with E-state index in [-0.39, 0.29) is 10.6 Å². The first-order valence-corrected chi connectivity index (χ1v) is 11.2. The van der Waals surface area contributed by atoms with Crippen LogP contribution in [0.1, 0.15) is 11.4 Å². The second-order valence-electron chi connectivity index (χ2n) is 7.20. The van der Waals surface area contributed by atoms with Crippen LogP contribution in [-0.2, 0) is 10.0 Å². The lowest BCUT2D eigenvalue weighted by atomic mass is 10.0. The van der Waals surface area contributed by atoms with Crippen molar-refractivity contribution >= 4 is 21.4 Å². The van der Waals surface area contributed by atoms with Crippen molar-refractivity contribution in [3.05, 3.63) is 100 Å². The topological polar surface area (TPSA) is 107 Å². The Balaban J connectivity index is 1.64. The summed E-state index contributed by atoms with van der Waals surface area (Å²) in [6, 6.07) is 22.2. The van der Waals surface area contributed by atoms with Crippen LogP contribution in [0, 0.1) is 24.0 Å². The number of hydrogen-bond donors (Lipinski definition) is 1. The molecule has 4 rings (SSSR count). The van der Waals surface area contributed by atoms with E-state index in [1.807, 2.05) is 30.3 Å². The Hall–Kier alpha value is -3.98. The van der Waals surface area contributed by atoms with Crippen LogP contribution in [0.5, 0.6) is 0 Å². The van der Waals surface area contributed by atoms with Gasteiger partial charge in [0.15, 0.2) is 0 Å². The molecule has 1 aromatic heterocycles. The average Bonchev–Trinajstić information content (AvgIpc) is 3.09. The van der Waals surface area contributed by atoms with Crippen molar-refractivity contribution in [2.75, 3.05) is 4.72 Å². The Morgan fingerprint density at radius 1 is 0.906 bits per heavy atom. The lowest BCUT2D eigenvalue weighted by Crippen LogP contribution is -2.15. The van der Waals surface area contributed by atoms with Gasteiger partial charge in [-0.2, -0.15) is 5.10 Å². The van der Waals surface area contributed by atoms with Gasteiger partial charge in [0.25, 0.3) is 15.7 Å². The van der Waals surface area contributed by atoms with Crippen LogP contribution in [0.25, 0.3) is 16.8 Å². The standard InChI is InChI=1S/C23H20N4O4S/c1-16-23(17(2)26(24-16)20-8-4-3-5-9-20)32(30,31)25-19-14-12-18(13-15-19)21-10-6-7-11-22(21)27(28)29/h3-15,25H,1-2H3. The molecule has 3 aromatic carbocycles. The number of nitro benzene ring substituents is 1. The Morgan fingerprint density at radius 2 is 1.53 bits per heavy atom. The molecule has 0 aliphatic heterocycles. The van der Waals surface area contributed by atoms with Crippen LogP contribution in [0.2, 0.25) is 0 Å². The van der Waals surface area contributed by atoms with E-state index in [1.165, 1.54) is 6.07 Å². The quantitative estimate of drug-likeness (QED) is 0.335. The number of sulfonamides is 1. The van der Waals surface area contributed by atoms with Gasteiger partial charge in [0, 0.05) is 11.8 Å². The zero-order valence-electron chi connectivity index (χ0n) is 17.4. The normalized spacial score (nSPS) is 11.3. The monoisotopic (exact) mass is 448 g/mol. The first-order chi connectivity index (χ1) is 15.3. The molecular formula is C23H20N4O4S. The van der Waals surface area contributed by atoms with Crippen LogP contribution in [0.3, 0.4) is 0 Å². The Labute approximate surface area is 185 Å². The van der Waals surface area contributed by atoms with Gasteiger partial charge in [-0.05, 0) is 49.7 Å². The molecule has 1 N–H and O–H groups in total. The molecule has 0 radical (unpaired) electrons. The molecule has 32 heavy (non-hydrogen) atoms. The predicted octanol–water partition coefficient (Wildman–Crippen LogP) is 4.87. The second kappa shape index (κ2) is 8.27. The highest BCUT2D eigenvalue weighted by Gasteiger charge is 2.25. The Kier molecular flexibility index (Phi) is 5.50. The third-order valence-electron chi connectivity index (χ3n) is 5.04. The van der Waals surface area contributed by atoms with Crippen molar-refractivity contribution in [3.8, 4) is 16.8 Å².